The molecule has 0 radical (unpaired) electrons. The van der Waals surface area contributed by atoms with Crippen LogP contribution >= 0.6 is 23.2 Å². The van der Waals surface area contributed by atoms with Crippen LogP contribution in [-0.2, 0) is 10.0 Å². The second kappa shape index (κ2) is 6.12. The number of sulfonamides is 1. The van der Waals surface area contributed by atoms with Crippen molar-refractivity contribution in [3.63, 3.8) is 0 Å². The molecule has 2 rings (SSSR count). The lowest BCUT2D eigenvalue weighted by Crippen LogP contribution is -2.38. The predicted molar refractivity (Wildman–Crippen MR) is 82.1 cm³/mol. The summed E-state index contributed by atoms with van der Waals surface area (Å²) in [5.74, 6) is 0.281. The second-order valence-corrected chi connectivity index (χ2v) is 7.63. The molecule has 0 unspecified atom stereocenters. The normalized spacial score (nSPS) is 17.0. The Balaban J connectivity index is 2.37. The number of hydrogen-bond donors (Lipinski definition) is 1. The summed E-state index contributed by atoms with van der Waals surface area (Å²) in [5.41, 5.74) is 0.111. The van der Waals surface area contributed by atoms with Crippen molar-refractivity contribution in [2.75, 3.05) is 13.1 Å². The van der Waals surface area contributed by atoms with Crippen LogP contribution in [0.4, 0.5) is 0 Å². The summed E-state index contributed by atoms with van der Waals surface area (Å²) < 4.78 is 23.0. The van der Waals surface area contributed by atoms with Gasteiger partial charge in [0, 0.05) is 13.1 Å². The predicted octanol–water partition coefficient (Wildman–Crippen LogP) is 2.51. The summed E-state index contributed by atoms with van der Waals surface area (Å²) in [6.07, 6.45) is 1.83. The van der Waals surface area contributed by atoms with Crippen LogP contribution in [0.3, 0.4) is 0 Å². The summed E-state index contributed by atoms with van der Waals surface area (Å²) in [5, 5.41) is 5.12. The maximum absolute atomic E-state index is 12.5. The number of rotatable bonds is 2. The molecular formula is C13H16Cl2N2O3S. The number of benzene rings is 1. The van der Waals surface area contributed by atoms with E-state index in [9.17, 15) is 13.2 Å². The molecule has 0 spiro atoms. The Bertz CT molecular complexity index is 668. The van der Waals surface area contributed by atoms with Crippen LogP contribution in [0.15, 0.2) is 17.0 Å². The molecule has 8 heteroatoms. The number of amides is 1. The number of piperidine rings is 1. The van der Waals surface area contributed by atoms with Crippen LogP contribution in [0.5, 0.6) is 0 Å². The van der Waals surface area contributed by atoms with Crippen LogP contribution < -0.4 is 5.14 Å². The molecule has 116 valence electrons. The highest BCUT2D eigenvalue weighted by molar-refractivity contribution is 7.89. The molecule has 2 N–H and O–H groups in total. The molecule has 0 saturated carbocycles. The smallest absolute Gasteiger partial charge is 0.255 e. The minimum atomic E-state index is -4.01. The molecule has 1 aliphatic heterocycles. The van der Waals surface area contributed by atoms with E-state index in [1.165, 1.54) is 6.07 Å². The Morgan fingerprint density at radius 2 is 1.81 bits per heavy atom. The molecule has 0 aromatic heterocycles. The molecule has 1 aromatic rings. The number of likely N-dealkylation sites (tertiary alicyclic amines) is 1. The van der Waals surface area contributed by atoms with E-state index in [2.05, 4.69) is 6.92 Å². The zero-order valence-corrected chi connectivity index (χ0v) is 13.8. The van der Waals surface area contributed by atoms with Gasteiger partial charge in [-0.3, -0.25) is 4.79 Å². The highest BCUT2D eigenvalue weighted by atomic mass is 35.5. The van der Waals surface area contributed by atoms with Gasteiger partial charge in [0.1, 0.15) is 4.90 Å². The van der Waals surface area contributed by atoms with E-state index in [0.717, 1.165) is 18.9 Å². The van der Waals surface area contributed by atoms with Crippen molar-refractivity contribution < 1.29 is 13.2 Å². The van der Waals surface area contributed by atoms with Gasteiger partial charge in [-0.15, -0.1) is 0 Å². The van der Waals surface area contributed by atoms with Gasteiger partial charge in [0.05, 0.1) is 15.6 Å². The van der Waals surface area contributed by atoms with Crippen molar-refractivity contribution in [2.45, 2.75) is 24.7 Å². The number of nitrogens with zero attached hydrogens (tertiary/aromatic N) is 1. The minimum absolute atomic E-state index is 0.0914. The molecule has 0 bridgehead atoms. The van der Waals surface area contributed by atoms with Crippen LogP contribution in [0.25, 0.3) is 0 Å². The number of primary sulfonamides is 1. The zero-order valence-electron chi connectivity index (χ0n) is 11.5. The molecule has 1 aromatic carbocycles. The topological polar surface area (TPSA) is 80.5 Å². The monoisotopic (exact) mass is 350 g/mol. The lowest BCUT2D eigenvalue weighted by atomic mass is 9.98. The quantitative estimate of drug-likeness (QED) is 0.889. The van der Waals surface area contributed by atoms with Crippen LogP contribution in [0, 0.1) is 5.92 Å². The molecule has 1 heterocycles. The van der Waals surface area contributed by atoms with Crippen LogP contribution in [0.1, 0.15) is 30.1 Å². The Labute approximate surface area is 134 Å². The van der Waals surface area contributed by atoms with Gasteiger partial charge >= 0.3 is 0 Å². The van der Waals surface area contributed by atoms with Gasteiger partial charge < -0.3 is 4.90 Å². The van der Waals surface area contributed by atoms with Crippen molar-refractivity contribution in [1.29, 1.82) is 0 Å². The third-order valence-electron chi connectivity index (χ3n) is 3.63. The third kappa shape index (κ3) is 3.69. The van der Waals surface area contributed by atoms with E-state index < -0.39 is 10.0 Å². The van der Waals surface area contributed by atoms with Crippen LogP contribution in [0.2, 0.25) is 10.0 Å². The first-order valence-corrected chi connectivity index (χ1v) is 8.81. The minimum Gasteiger partial charge on any atom is -0.339 e. The van der Waals surface area contributed by atoms with Gasteiger partial charge in [0.15, 0.2) is 0 Å². The molecule has 1 saturated heterocycles. The maximum atomic E-state index is 12.5. The van der Waals surface area contributed by atoms with Crippen molar-refractivity contribution in [3.05, 3.63) is 27.7 Å². The fourth-order valence-corrected chi connectivity index (χ4v) is 3.69. The average molecular weight is 351 g/mol. The molecule has 21 heavy (non-hydrogen) atoms. The number of halogens is 2. The Hall–Kier alpha value is -0.820. The Morgan fingerprint density at radius 1 is 1.24 bits per heavy atom. The van der Waals surface area contributed by atoms with E-state index in [0.29, 0.717) is 19.0 Å². The molecule has 1 amide bonds. The Kier molecular flexibility index (Phi) is 4.82. The summed E-state index contributed by atoms with van der Waals surface area (Å²) in [6.45, 7) is 3.39. The van der Waals surface area contributed by atoms with E-state index >= 15 is 0 Å². The van der Waals surface area contributed by atoms with Crippen LogP contribution in [-0.4, -0.2) is 32.3 Å². The first-order chi connectivity index (χ1) is 9.70. The van der Waals surface area contributed by atoms with Gasteiger partial charge in [-0.1, -0.05) is 30.1 Å². The van der Waals surface area contributed by atoms with Crippen molar-refractivity contribution >= 4 is 39.1 Å². The standard InChI is InChI=1S/C13H16Cl2N2O3S/c1-8-2-4-17(5-3-8)13(18)9-6-12(21(16,19)20)11(15)7-10(9)14/h6-8H,2-5H2,1H3,(H2,16,19,20). The fraction of sp³-hybridized carbons (Fsp3) is 0.462. The number of carbonyl (C=O) groups excluding carboxylic acids is 1. The number of carbonyl (C=O) groups is 1. The third-order valence-corrected chi connectivity index (χ3v) is 5.32. The van der Waals surface area contributed by atoms with Gasteiger partial charge in [0.2, 0.25) is 10.0 Å². The lowest BCUT2D eigenvalue weighted by Gasteiger charge is -2.30. The highest BCUT2D eigenvalue weighted by Crippen LogP contribution is 2.29. The van der Waals surface area contributed by atoms with Crippen molar-refractivity contribution in [2.24, 2.45) is 11.1 Å². The Morgan fingerprint density at radius 3 is 2.33 bits per heavy atom. The lowest BCUT2D eigenvalue weighted by molar-refractivity contribution is 0.0697. The average Bonchev–Trinajstić information content (AvgIpc) is 2.37. The molecule has 0 aliphatic carbocycles. The van der Waals surface area contributed by atoms with E-state index in [1.54, 1.807) is 4.90 Å². The zero-order chi connectivity index (χ0) is 15.8. The number of hydrogen-bond acceptors (Lipinski definition) is 3. The molecule has 1 fully saturated rings. The molecule has 0 atom stereocenters. The summed E-state index contributed by atoms with van der Waals surface area (Å²) in [7, 11) is -4.01. The molecule has 5 nitrogen and oxygen atoms in total. The van der Waals surface area contributed by atoms with Crippen molar-refractivity contribution in [1.82, 2.24) is 4.90 Å². The summed E-state index contributed by atoms with van der Waals surface area (Å²) in [4.78, 5) is 13.9. The van der Waals surface area contributed by atoms with Gasteiger partial charge in [-0.05, 0) is 30.9 Å². The summed E-state index contributed by atoms with van der Waals surface area (Å²) in [6, 6.07) is 2.39. The van der Waals surface area contributed by atoms with Crippen molar-refractivity contribution in [3.8, 4) is 0 Å². The SMILES string of the molecule is CC1CCN(C(=O)c2cc(S(N)(=O)=O)c(Cl)cc2Cl)CC1. The van der Waals surface area contributed by atoms with E-state index in [4.69, 9.17) is 28.3 Å². The largest absolute Gasteiger partial charge is 0.339 e. The first kappa shape index (κ1) is 16.5. The van der Waals surface area contributed by atoms with Gasteiger partial charge in [-0.2, -0.15) is 0 Å². The molecular weight excluding hydrogens is 335 g/mol. The summed E-state index contributed by atoms with van der Waals surface area (Å²) >= 11 is 11.9. The highest BCUT2D eigenvalue weighted by Gasteiger charge is 2.25. The van der Waals surface area contributed by atoms with E-state index in [1.807, 2.05) is 0 Å². The van der Waals surface area contributed by atoms with Gasteiger partial charge in [0.25, 0.3) is 5.91 Å². The second-order valence-electron chi connectivity index (χ2n) is 5.28. The first-order valence-electron chi connectivity index (χ1n) is 6.51. The number of nitrogens with two attached hydrogens (primary N) is 1. The van der Waals surface area contributed by atoms with E-state index in [-0.39, 0.29) is 26.4 Å². The fourth-order valence-electron chi connectivity index (χ4n) is 2.29. The van der Waals surface area contributed by atoms with Gasteiger partial charge in [-0.25, -0.2) is 13.6 Å². The molecule has 1 aliphatic rings. The maximum Gasteiger partial charge on any atom is 0.255 e.